The summed E-state index contributed by atoms with van der Waals surface area (Å²) in [4.78, 5) is 10.5. The van der Waals surface area contributed by atoms with Gasteiger partial charge in [-0.15, -0.1) is 11.3 Å². The minimum absolute atomic E-state index is 0.0307. The van der Waals surface area contributed by atoms with Gasteiger partial charge in [-0.1, -0.05) is 17.7 Å². The number of rotatable bonds is 5. The van der Waals surface area contributed by atoms with Gasteiger partial charge in [0.25, 0.3) is 0 Å². The maximum atomic E-state index is 6.22. The summed E-state index contributed by atoms with van der Waals surface area (Å²) in [6.45, 7) is 5.41. The van der Waals surface area contributed by atoms with Crippen molar-refractivity contribution in [1.29, 1.82) is 0 Å². The highest BCUT2D eigenvalue weighted by atomic mass is 35.5. The van der Waals surface area contributed by atoms with E-state index < -0.39 is 0 Å². The van der Waals surface area contributed by atoms with E-state index in [-0.39, 0.29) is 12.1 Å². The third-order valence-corrected chi connectivity index (χ3v) is 6.50. The number of nitrogens with one attached hydrogen (secondary N) is 1. The van der Waals surface area contributed by atoms with Crippen LogP contribution in [0.4, 0.5) is 0 Å². The fraction of sp³-hybridized carbons (Fsp3) is 0.444. The van der Waals surface area contributed by atoms with Crippen LogP contribution in [0.2, 0.25) is 4.34 Å². The molecule has 2 aliphatic rings. The molecule has 0 aliphatic carbocycles. The number of aromatic nitrogens is 1. The molecule has 0 unspecified atom stereocenters. The zero-order chi connectivity index (χ0) is 17.9. The van der Waals surface area contributed by atoms with Crippen molar-refractivity contribution >= 4 is 40.3 Å². The summed E-state index contributed by atoms with van der Waals surface area (Å²) < 4.78 is 6.24. The third-order valence-electron chi connectivity index (χ3n) is 4.84. The van der Waals surface area contributed by atoms with Crippen LogP contribution in [0.3, 0.4) is 0 Å². The first kappa shape index (κ1) is 18.1. The van der Waals surface area contributed by atoms with Crippen LogP contribution in [0.5, 0.6) is 0 Å². The van der Waals surface area contributed by atoms with Gasteiger partial charge in [0.2, 0.25) is 0 Å². The molecule has 0 spiro atoms. The Kier molecular flexibility index (Phi) is 5.71. The van der Waals surface area contributed by atoms with E-state index in [1.54, 1.807) is 11.3 Å². The lowest BCUT2D eigenvalue weighted by atomic mass is 10.0. The van der Waals surface area contributed by atoms with Gasteiger partial charge in [0.1, 0.15) is 0 Å². The number of hydrogen-bond donors (Lipinski definition) is 1. The van der Waals surface area contributed by atoms with Crippen LogP contribution in [0.1, 0.15) is 22.7 Å². The number of thiophene rings is 1. The number of halogens is 1. The largest absolute Gasteiger partial charge is 0.379 e. The summed E-state index contributed by atoms with van der Waals surface area (Å²) in [7, 11) is 0. The SMILES string of the molecule is S=C1N[C@H](c2ccccn2)[C@H](c2ccc(Cl)s2)N1CCN1CCOCC1. The molecular formula is C18H21ClN4OS2. The van der Waals surface area contributed by atoms with Gasteiger partial charge in [0.15, 0.2) is 5.11 Å². The molecule has 2 aliphatic heterocycles. The second-order valence-corrected chi connectivity index (χ2v) is 8.55. The van der Waals surface area contributed by atoms with Crippen molar-refractivity contribution in [2.24, 2.45) is 0 Å². The Morgan fingerprint density at radius 3 is 2.77 bits per heavy atom. The number of ether oxygens (including phenoxy) is 1. The molecule has 0 saturated carbocycles. The zero-order valence-corrected chi connectivity index (χ0v) is 16.7. The van der Waals surface area contributed by atoms with Gasteiger partial charge in [0.05, 0.1) is 35.3 Å². The van der Waals surface area contributed by atoms with Gasteiger partial charge in [-0.2, -0.15) is 0 Å². The monoisotopic (exact) mass is 408 g/mol. The number of hydrogen-bond acceptors (Lipinski definition) is 5. The van der Waals surface area contributed by atoms with Crippen molar-refractivity contribution in [3.05, 3.63) is 51.4 Å². The fourth-order valence-electron chi connectivity index (χ4n) is 3.52. The molecular weight excluding hydrogens is 388 g/mol. The van der Waals surface area contributed by atoms with E-state index in [4.69, 9.17) is 28.6 Å². The van der Waals surface area contributed by atoms with E-state index in [1.165, 1.54) is 4.88 Å². The van der Waals surface area contributed by atoms with Crippen molar-refractivity contribution in [2.45, 2.75) is 12.1 Å². The molecule has 0 amide bonds. The highest BCUT2D eigenvalue weighted by Crippen LogP contribution is 2.41. The predicted octanol–water partition coefficient (Wildman–Crippen LogP) is 3.10. The van der Waals surface area contributed by atoms with Gasteiger partial charge in [0, 0.05) is 37.3 Å². The molecule has 2 saturated heterocycles. The highest BCUT2D eigenvalue weighted by Gasteiger charge is 2.40. The van der Waals surface area contributed by atoms with Gasteiger partial charge in [-0.05, 0) is 36.5 Å². The summed E-state index contributed by atoms with van der Waals surface area (Å²) in [5, 5.41) is 4.26. The number of nitrogens with zero attached hydrogens (tertiary/aromatic N) is 3. The molecule has 0 aromatic carbocycles. The summed E-state index contributed by atoms with van der Waals surface area (Å²) in [6.07, 6.45) is 1.83. The Morgan fingerprint density at radius 1 is 1.23 bits per heavy atom. The molecule has 4 heterocycles. The number of thiocarbonyl (C=S) groups is 1. The molecule has 0 bridgehead atoms. The van der Waals surface area contributed by atoms with Crippen LogP contribution in [-0.4, -0.2) is 59.3 Å². The van der Waals surface area contributed by atoms with Gasteiger partial charge in [-0.3, -0.25) is 9.88 Å². The van der Waals surface area contributed by atoms with Crippen molar-refractivity contribution in [1.82, 2.24) is 20.1 Å². The average Bonchev–Trinajstić information content (AvgIpc) is 3.24. The van der Waals surface area contributed by atoms with Crippen molar-refractivity contribution in [2.75, 3.05) is 39.4 Å². The summed E-state index contributed by atoms with van der Waals surface area (Å²) >= 11 is 13.5. The first-order chi connectivity index (χ1) is 12.7. The van der Waals surface area contributed by atoms with E-state index in [9.17, 15) is 0 Å². The average molecular weight is 409 g/mol. The molecule has 2 atom stereocenters. The van der Waals surface area contributed by atoms with Gasteiger partial charge < -0.3 is 15.0 Å². The van der Waals surface area contributed by atoms with Crippen LogP contribution in [0, 0.1) is 0 Å². The quantitative estimate of drug-likeness (QED) is 0.766. The number of morpholine rings is 1. The van der Waals surface area contributed by atoms with Crippen LogP contribution in [-0.2, 0) is 4.74 Å². The normalized spacial score (nSPS) is 24.0. The van der Waals surface area contributed by atoms with Crippen LogP contribution < -0.4 is 5.32 Å². The van der Waals surface area contributed by atoms with Gasteiger partial charge in [-0.25, -0.2) is 0 Å². The maximum absolute atomic E-state index is 6.22. The lowest BCUT2D eigenvalue weighted by Crippen LogP contribution is -2.42. The maximum Gasteiger partial charge on any atom is 0.170 e. The van der Waals surface area contributed by atoms with Crippen LogP contribution >= 0.6 is 35.2 Å². The van der Waals surface area contributed by atoms with Crippen molar-refractivity contribution in [3.63, 3.8) is 0 Å². The third kappa shape index (κ3) is 3.87. The fourth-order valence-corrected chi connectivity index (χ4v) is 5.06. The minimum atomic E-state index is 0.0307. The standard InChI is InChI=1S/C18H21ClN4OS2/c19-15-5-4-14(26-15)17-16(13-3-1-2-6-20-13)21-18(25)23(17)8-7-22-9-11-24-12-10-22/h1-6,16-17H,7-12H2,(H,21,25)/t16-,17+/m1/s1. The Labute approximate surface area is 167 Å². The Balaban J connectivity index is 1.57. The lowest BCUT2D eigenvalue weighted by molar-refractivity contribution is 0.0351. The minimum Gasteiger partial charge on any atom is -0.379 e. The van der Waals surface area contributed by atoms with E-state index in [0.29, 0.717) is 0 Å². The van der Waals surface area contributed by atoms with E-state index >= 15 is 0 Å². The molecule has 26 heavy (non-hydrogen) atoms. The van der Waals surface area contributed by atoms with Crippen LogP contribution in [0.15, 0.2) is 36.5 Å². The first-order valence-corrected chi connectivity index (χ1v) is 10.4. The summed E-state index contributed by atoms with van der Waals surface area (Å²) in [5.74, 6) is 0. The zero-order valence-electron chi connectivity index (χ0n) is 14.3. The summed E-state index contributed by atoms with van der Waals surface area (Å²) in [5.41, 5.74) is 0.998. The second-order valence-electron chi connectivity index (χ2n) is 6.42. The Bertz CT molecular complexity index is 751. The van der Waals surface area contributed by atoms with E-state index in [0.717, 1.165) is 54.5 Å². The van der Waals surface area contributed by atoms with Crippen molar-refractivity contribution in [3.8, 4) is 0 Å². The molecule has 2 fully saturated rings. The molecule has 0 radical (unpaired) electrons. The number of pyridine rings is 1. The molecule has 4 rings (SSSR count). The lowest BCUT2D eigenvalue weighted by Gasteiger charge is -2.31. The molecule has 138 valence electrons. The van der Waals surface area contributed by atoms with Gasteiger partial charge >= 0.3 is 0 Å². The molecule has 2 aromatic heterocycles. The summed E-state index contributed by atoms with van der Waals surface area (Å²) in [6, 6.07) is 10.2. The smallest absolute Gasteiger partial charge is 0.170 e. The van der Waals surface area contributed by atoms with Crippen LogP contribution in [0.25, 0.3) is 0 Å². The molecule has 1 N–H and O–H groups in total. The molecule has 2 aromatic rings. The Hall–Kier alpha value is -1.25. The molecule has 5 nitrogen and oxygen atoms in total. The van der Waals surface area contributed by atoms with E-state index in [1.807, 2.05) is 30.5 Å². The topological polar surface area (TPSA) is 40.6 Å². The van der Waals surface area contributed by atoms with E-state index in [2.05, 4.69) is 26.2 Å². The molecule has 8 heteroatoms. The first-order valence-electron chi connectivity index (χ1n) is 8.76. The predicted molar refractivity (Wildman–Crippen MR) is 109 cm³/mol. The van der Waals surface area contributed by atoms with Crippen molar-refractivity contribution < 1.29 is 4.74 Å². The highest BCUT2D eigenvalue weighted by molar-refractivity contribution is 7.80. The Morgan fingerprint density at radius 2 is 2.08 bits per heavy atom. The second kappa shape index (κ2) is 8.19.